The SMILES string of the molecule is CC(C)c1nc(Cl)cc(-c2sccc2Br)n1. The minimum absolute atomic E-state index is 0.274. The maximum atomic E-state index is 6.00. The molecule has 2 aromatic heterocycles. The van der Waals surface area contributed by atoms with E-state index < -0.39 is 0 Å². The van der Waals surface area contributed by atoms with Crippen LogP contribution < -0.4 is 0 Å². The van der Waals surface area contributed by atoms with Crippen molar-refractivity contribution in [1.82, 2.24) is 9.97 Å². The van der Waals surface area contributed by atoms with Crippen molar-refractivity contribution in [2.45, 2.75) is 19.8 Å². The van der Waals surface area contributed by atoms with Crippen LogP contribution in [0.1, 0.15) is 25.6 Å². The lowest BCUT2D eigenvalue weighted by Gasteiger charge is -2.06. The smallest absolute Gasteiger partial charge is 0.133 e. The summed E-state index contributed by atoms with van der Waals surface area (Å²) in [6.45, 7) is 4.11. The van der Waals surface area contributed by atoms with Crippen LogP contribution >= 0.6 is 38.9 Å². The molecule has 5 heteroatoms. The van der Waals surface area contributed by atoms with Crippen molar-refractivity contribution in [3.63, 3.8) is 0 Å². The monoisotopic (exact) mass is 316 g/mol. The summed E-state index contributed by atoms with van der Waals surface area (Å²) in [6.07, 6.45) is 0. The first-order valence-corrected chi connectivity index (χ1v) is 6.91. The predicted octanol–water partition coefficient (Wildman–Crippen LogP) is 4.74. The molecule has 0 aliphatic heterocycles. The molecule has 0 radical (unpaired) electrons. The van der Waals surface area contributed by atoms with Gasteiger partial charge in [-0.25, -0.2) is 9.97 Å². The lowest BCUT2D eigenvalue weighted by Crippen LogP contribution is -1.98. The highest BCUT2D eigenvalue weighted by Crippen LogP contribution is 2.33. The van der Waals surface area contributed by atoms with Gasteiger partial charge in [-0.05, 0) is 27.4 Å². The highest BCUT2D eigenvalue weighted by molar-refractivity contribution is 9.10. The molecule has 0 saturated heterocycles. The molecule has 2 rings (SSSR count). The Morgan fingerprint density at radius 2 is 2.12 bits per heavy atom. The van der Waals surface area contributed by atoms with E-state index in [4.69, 9.17) is 11.6 Å². The van der Waals surface area contributed by atoms with Crippen LogP contribution in [0.5, 0.6) is 0 Å². The van der Waals surface area contributed by atoms with Gasteiger partial charge in [0.2, 0.25) is 0 Å². The summed E-state index contributed by atoms with van der Waals surface area (Å²) in [5.41, 5.74) is 0.880. The second-order valence-electron chi connectivity index (χ2n) is 3.69. The highest BCUT2D eigenvalue weighted by Gasteiger charge is 2.11. The molecule has 84 valence electrons. The molecule has 0 aliphatic rings. The van der Waals surface area contributed by atoms with Gasteiger partial charge >= 0.3 is 0 Å². The molecule has 0 atom stereocenters. The molecule has 16 heavy (non-hydrogen) atoms. The van der Waals surface area contributed by atoms with Gasteiger partial charge in [0.15, 0.2) is 0 Å². The molecule has 2 heterocycles. The topological polar surface area (TPSA) is 25.8 Å². The standard InChI is InChI=1S/C11H10BrClN2S/c1-6(2)11-14-8(5-9(13)15-11)10-7(12)3-4-16-10/h3-6H,1-2H3. The summed E-state index contributed by atoms with van der Waals surface area (Å²) >= 11 is 11.1. The number of halogens is 2. The van der Waals surface area contributed by atoms with Gasteiger partial charge < -0.3 is 0 Å². The molecule has 0 saturated carbocycles. The molecule has 0 fully saturated rings. The Kier molecular flexibility index (Phi) is 3.62. The lowest BCUT2D eigenvalue weighted by atomic mass is 10.2. The summed E-state index contributed by atoms with van der Waals surface area (Å²) in [5.74, 6) is 1.05. The van der Waals surface area contributed by atoms with Gasteiger partial charge in [-0.3, -0.25) is 0 Å². The molecular weight excluding hydrogens is 308 g/mol. The van der Waals surface area contributed by atoms with Gasteiger partial charge in [-0.2, -0.15) is 0 Å². The Labute approximate surface area is 112 Å². The van der Waals surface area contributed by atoms with Gasteiger partial charge in [0, 0.05) is 16.5 Å². The van der Waals surface area contributed by atoms with E-state index in [1.807, 2.05) is 11.4 Å². The summed E-state index contributed by atoms with van der Waals surface area (Å²) in [7, 11) is 0. The molecular formula is C11H10BrClN2S. The Balaban J connectivity index is 2.54. The molecule has 2 aromatic rings. The first-order valence-electron chi connectivity index (χ1n) is 4.85. The first-order chi connectivity index (χ1) is 7.58. The molecule has 0 aliphatic carbocycles. The number of hydrogen-bond donors (Lipinski definition) is 0. The zero-order valence-electron chi connectivity index (χ0n) is 8.87. The fraction of sp³-hybridized carbons (Fsp3) is 0.273. The van der Waals surface area contributed by atoms with Crippen LogP contribution in [0.15, 0.2) is 22.0 Å². The zero-order valence-corrected chi connectivity index (χ0v) is 12.0. The molecule has 0 bridgehead atoms. The van der Waals surface area contributed by atoms with Gasteiger partial charge in [0.25, 0.3) is 0 Å². The Bertz CT molecular complexity index is 510. The molecule has 0 unspecified atom stereocenters. The molecule has 0 aromatic carbocycles. The average molecular weight is 318 g/mol. The van der Waals surface area contributed by atoms with Crippen LogP contribution in [0.25, 0.3) is 10.6 Å². The number of aromatic nitrogens is 2. The van der Waals surface area contributed by atoms with Crippen molar-refractivity contribution in [3.8, 4) is 10.6 Å². The third-order valence-corrected chi connectivity index (χ3v) is 4.13. The van der Waals surface area contributed by atoms with Gasteiger partial charge in [-0.15, -0.1) is 11.3 Å². The average Bonchev–Trinajstić information content (AvgIpc) is 2.63. The Hall–Kier alpha value is -0.450. The van der Waals surface area contributed by atoms with Crippen LogP contribution in [-0.2, 0) is 0 Å². The predicted molar refractivity (Wildman–Crippen MR) is 72.1 cm³/mol. The second kappa shape index (κ2) is 4.82. The largest absolute Gasteiger partial charge is 0.232 e. The normalized spacial score (nSPS) is 11.1. The van der Waals surface area contributed by atoms with Crippen LogP contribution in [0.4, 0.5) is 0 Å². The summed E-state index contributed by atoms with van der Waals surface area (Å²) in [4.78, 5) is 9.83. The van der Waals surface area contributed by atoms with Crippen LogP contribution in [0.2, 0.25) is 5.15 Å². The Morgan fingerprint density at radius 3 is 2.69 bits per heavy atom. The third kappa shape index (κ3) is 2.44. The molecule has 0 spiro atoms. The fourth-order valence-corrected chi connectivity index (χ4v) is 3.01. The van der Waals surface area contributed by atoms with Crippen LogP contribution in [0, 0.1) is 0 Å². The van der Waals surface area contributed by atoms with Crippen LogP contribution in [-0.4, -0.2) is 9.97 Å². The van der Waals surface area contributed by atoms with Gasteiger partial charge in [-0.1, -0.05) is 25.4 Å². The van der Waals surface area contributed by atoms with Crippen molar-refractivity contribution in [3.05, 3.63) is 33.0 Å². The zero-order chi connectivity index (χ0) is 11.7. The fourth-order valence-electron chi connectivity index (χ4n) is 1.29. The van der Waals surface area contributed by atoms with E-state index in [-0.39, 0.29) is 5.92 Å². The molecule has 0 amide bonds. The number of nitrogens with zero attached hydrogens (tertiary/aromatic N) is 2. The van der Waals surface area contributed by atoms with E-state index in [9.17, 15) is 0 Å². The minimum atomic E-state index is 0.274. The van der Waals surface area contributed by atoms with E-state index in [2.05, 4.69) is 39.7 Å². The summed E-state index contributed by atoms with van der Waals surface area (Å²) in [5, 5.41) is 2.51. The van der Waals surface area contributed by atoms with Crippen molar-refractivity contribution in [2.75, 3.05) is 0 Å². The summed E-state index contributed by atoms with van der Waals surface area (Å²) in [6, 6.07) is 3.80. The van der Waals surface area contributed by atoms with E-state index in [0.717, 1.165) is 20.9 Å². The van der Waals surface area contributed by atoms with E-state index in [0.29, 0.717) is 5.15 Å². The quantitative estimate of drug-likeness (QED) is 0.747. The number of hydrogen-bond acceptors (Lipinski definition) is 3. The maximum absolute atomic E-state index is 6.00. The van der Waals surface area contributed by atoms with E-state index >= 15 is 0 Å². The van der Waals surface area contributed by atoms with Gasteiger partial charge in [0.05, 0.1) is 10.6 Å². The van der Waals surface area contributed by atoms with E-state index in [1.165, 1.54) is 0 Å². The van der Waals surface area contributed by atoms with Crippen molar-refractivity contribution < 1.29 is 0 Å². The van der Waals surface area contributed by atoms with Crippen molar-refractivity contribution in [2.24, 2.45) is 0 Å². The summed E-state index contributed by atoms with van der Waals surface area (Å²) < 4.78 is 1.04. The lowest BCUT2D eigenvalue weighted by molar-refractivity contribution is 0.776. The number of thiophene rings is 1. The first kappa shape index (κ1) is 12.0. The Morgan fingerprint density at radius 1 is 1.38 bits per heavy atom. The number of rotatable bonds is 2. The van der Waals surface area contributed by atoms with E-state index in [1.54, 1.807) is 17.4 Å². The van der Waals surface area contributed by atoms with Crippen molar-refractivity contribution in [1.29, 1.82) is 0 Å². The minimum Gasteiger partial charge on any atom is -0.232 e. The maximum Gasteiger partial charge on any atom is 0.133 e. The highest BCUT2D eigenvalue weighted by atomic mass is 79.9. The molecule has 0 N–H and O–H groups in total. The van der Waals surface area contributed by atoms with Crippen molar-refractivity contribution >= 4 is 38.9 Å². The second-order valence-corrected chi connectivity index (χ2v) is 5.84. The van der Waals surface area contributed by atoms with Crippen LogP contribution in [0.3, 0.4) is 0 Å². The molecule has 2 nitrogen and oxygen atoms in total. The van der Waals surface area contributed by atoms with Gasteiger partial charge in [0.1, 0.15) is 11.0 Å². The third-order valence-electron chi connectivity index (χ3n) is 2.08.